The number of pyridine rings is 2. The fourth-order valence-corrected chi connectivity index (χ4v) is 4.61. The number of nitrogens with two attached hydrogens (primary N) is 1. The molecule has 4 aromatic rings. The number of carbonyl (C=O) groups excluding carboxylic acids is 1. The Morgan fingerprint density at radius 3 is 2.59 bits per heavy atom. The molecule has 0 aliphatic carbocycles. The van der Waals surface area contributed by atoms with Crippen molar-refractivity contribution < 1.29 is 13.2 Å². The molecule has 0 aliphatic rings. The summed E-state index contributed by atoms with van der Waals surface area (Å²) in [4.78, 5) is 25.7. The number of amides is 1. The summed E-state index contributed by atoms with van der Waals surface area (Å²) < 4.78 is 23.8. The zero-order valence-corrected chi connectivity index (χ0v) is 21.4. The highest BCUT2D eigenvalue weighted by Crippen LogP contribution is 2.22. The van der Waals surface area contributed by atoms with E-state index in [-0.39, 0.29) is 10.8 Å². The molecule has 0 aliphatic heterocycles. The maximum atomic E-state index is 12.9. The summed E-state index contributed by atoms with van der Waals surface area (Å²) in [6, 6.07) is 14.3. The van der Waals surface area contributed by atoms with Crippen molar-refractivity contribution in [3.63, 3.8) is 0 Å². The molecule has 4 rings (SSSR count). The zero-order valence-electron chi connectivity index (χ0n) is 20.6. The topological polar surface area (TPSA) is 127 Å². The monoisotopic (exact) mass is 513 g/mol. The van der Waals surface area contributed by atoms with Gasteiger partial charge in [-0.25, -0.2) is 13.4 Å². The summed E-state index contributed by atoms with van der Waals surface area (Å²) in [5.74, 6) is 0.226. The molecule has 0 radical (unpaired) electrons. The van der Waals surface area contributed by atoms with E-state index >= 15 is 0 Å². The summed E-state index contributed by atoms with van der Waals surface area (Å²) >= 11 is 0. The second-order valence-electron chi connectivity index (χ2n) is 8.62. The van der Waals surface area contributed by atoms with Gasteiger partial charge in [0.2, 0.25) is 0 Å². The lowest BCUT2D eigenvalue weighted by molar-refractivity contribution is -0.117. The highest BCUT2D eigenvalue weighted by molar-refractivity contribution is 7.90. The quantitative estimate of drug-likeness (QED) is 0.207. The Morgan fingerprint density at radius 1 is 1.08 bits per heavy atom. The van der Waals surface area contributed by atoms with Gasteiger partial charge < -0.3 is 11.1 Å². The fraction of sp³-hybridized carbons (Fsp3) is 0.143. The van der Waals surface area contributed by atoms with Crippen LogP contribution in [0.4, 0.5) is 5.82 Å². The number of allylic oxidation sites excluding steroid dienone is 2. The predicted molar refractivity (Wildman–Crippen MR) is 148 cm³/mol. The van der Waals surface area contributed by atoms with Crippen LogP contribution in [0, 0.1) is 0 Å². The second kappa shape index (κ2) is 10.7. The van der Waals surface area contributed by atoms with Crippen molar-refractivity contribution in [3.05, 3.63) is 95.5 Å². The van der Waals surface area contributed by atoms with Crippen molar-refractivity contribution in [2.45, 2.75) is 24.8 Å². The molecular formula is C28H27N5O3S. The van der Waals surface area contributed by atoms with Gasteiger partial charge in [-0.2, -0.15) is 0 Å². The van der Waals surface area contributed by atoms with Crippen LogP contribution in [0.5, 0.6) is 0 Å². The average molecular weight is 514 g/mol. The molecule has 0 unspecified atom stereocenters. The van der Waals surface area contributed by atoms with E-state index in [0.717, 1.165) is 21.9 Å². The Morgan fingerprint density at radius 2 is 1.86 bits per heavy atom. The number of benzene rings is 2. The van der Waals surface area contributed by atoms with Crippen LogP contribution >= 0.6 is 0 Å². The first-order chi connectivity index (χ1) is 17.7. The molecule has 3 N–H and O–H groups in total. The molecule has 2 aromatic carbocycles. The number of nitrogens with zero attached hydrogens (tertiary/aromatic N) is 3. The number of carbonyl (C=O) groups is 1. The van der Waals surface area contributed by atoms with Crippen LogP contribution < -0.4 is 11.1 Å². The van der Waals surface area contributed by atoms with Gasteiger partial charge in [-0.3, -0.25) is 14.8 Å². The molecule has 2 aromatic heterocycles. The number of fused-ring (bicyclic) bond motifs is 2. The molecule has 0 saturated carbocycles. The van der Waals surface area contributed by atoms with Crippen molar-refractivity contribution >= 4 is 50.0 Å². The van der Waals surface area contributed by atoms with Gasteiger partial charge in [-0.05, 0) is 72.6 Å². The minimum atomic E-state index is -3.33. The molecule has 0 saturated heterocycles. The first kappa shape index (κ1) is 25.7. The standard InChI is InChI=1S/C28H27N5O3S/c1-4-20(28(34)33-16-18-5-7-25-21(11-18)9-10-31-27(25)29)14-23(30-2)13-19-12-22-15-24(37(3,35)36)6-8-26(22)32-17-19/h4-12,14-15,17H,2,13,16H2,1,3H3,(H2,29,31)(H,33,34)/b20-4+,23-14-. The Balaban J connectivity index is 1.49. The second-order valence-corrected chi connectivity index (χ2v) is 10.6. The van der Waals surface area contributed by atoms with E-state index in [9.17, 15) is 13.2 Å². The van der Waals surface area contributed by atoms with Gasteiger partial charge in [-0.1, -0.05) is 18.2 Å². The van der Waals surface area contributed by atoms with Gasteiger partial charge in [-0.15, -0.1) is 0 Å². The summed E-state index contributed by atoms with van der Waals surface area (Å²) in [7, 11) is -3.33. The van der Waals surface area contributed by atoms with Gasteiger partial charge in [0.15, 0.2) is 9.84 Å². The van der Waals surface area contributed by atoms with Crippen LogP contribution in [-0.2, 0) is 27.6 Å². The molecule has 2 heterocycles. The number of nitrogens with one attached hydrogen (secondary N) is 1. The van der Waals surface area contributed by atoms with Gasteiger partial charge in [0.25, 0.3) is 5.91 Å². The highest BCUT2D eigenvalue weighted by atomic mass is 32.2. The lowest BCUT2D eigenvalue weighted by Crippen LogP contribution is -2.24. The number of anilines is 1. The molecule has 1 amide bonds. The van der Waals surface area contributed by atoms with E-state index in [1.165, 1.54) is 6.26 Å². The molecule has 37 heavy (non-hydrogen) atoms. The number of rotatable bonds is 8. The Bertz CT molecular complexity index is 1690. The van der Waals surface area contributed by atoms with Gasteiger partial charge in [0.05, 0.1) is 10.4 Å². The zero-order chi connectivity index (χ0) is 26.6. The summed E-state index contributed by atoms with van der Waals surface area (Å²) in [5.41, 5.74) is 9.39. The van der Waals surface area contributed by atoms with Crippen molar-refractivity contribution in [1.29, 1.82) is 0 Å². The van der Waals surface area contributed by atoms with Crippen LogP contribution in [0.15, 0.2) is 94.2 Å². The van der Waals surface area contributed by atoms with E-state index in [1.54, 1.807) is 49.7 Å². The average Bonchev–Trinajstić information content (AvgIpc) is 2.88. The molecule has 9 heteroatoms. The summed E-state index contributed by atoms with van der Waals surface area (Å²) in [5, 5.41) is 5.47. The minimum Gasteiger partial charge on any atom is -0.383 e. The normalized spacial score (nSPS) is 12.6. The number of aromatic nitrogens is 2. The largest absolute Gasteiger partial charge is 0.383 e. The Kier molecular flexibility index (Phi) is 7.45. The fourth-order valence-electron chi connectivity index (χ4n) is 3.95. The van der Waals surface area contributed by atoms with Gasteiger partial charge in [0.1, 0.15) is 5.82 Å². The van der Waals surface area contributed by atoms with Crippen molar-refractivity contribution in [2.24, 2.45) is 4.99 Å². The third-order valence-electron chi connectivity index (χ3n) is 5.93. The Labute approximate surface area is 215 Å². The first-order valence-corrected chi connectivity index (χ1v) is 13.4. The number of hydrogen-bond donors (Lipinski definition) is 2. The molecule has 0 fully saturated rings. The van der Waals surface area contributed by atoms with Crippen LogP contribution in [-0.4, -0.2) is 37.3 Å². The molecule has 0 spiro atoms. The van der Waals surface area contributed by atoms with Crippen LogP contribution in [0.2, 0.25) is 0 Å². The van der Waals surface area contributed by atoms with E-state index in [4.69, 9.17) is 5.73 Å². The molecule has 0 atom stereocenters. The molecule has 8 nitrogen and oxygen atoms in total. The van der Waals surface area contributed by atoms with Gasteiger partial charge in [0, 0.05) is 53.7 Å². The third kappa shape index (κ3) is 6.07. The SMILES string of the molecule is C=N/C(=C\C(=C/C)C(=O)NCc1ccc2c(N)nccc2c1)Cc1cnc2ccc(S(C)(=O)=O)cc2c1. The van der Waals surface area contributed by atoms with Crippen LogP contribution in [0.1, 0.15) is 18.1 Å². The number of hydrogen-bond acceptors (Lipinski definition) is 7. The summed E-state index contributed by atoms with van der Waals surface area (Å²) in [6.07, 6.45) is 8.31. The van der Waals surface area contributed by atoms with E-state index < -0.39 is 9.84 Å². The molecule has 188 valence electrons. The first-order valence-electron chi connectivity index (χ1n) is 11.5. The van der Waals surface area contributed by atoms with Crippen molar-refractivity contribution in [1.82, 2.24) is 15.3 Å². The van der Waals surface area contributed by atoms with Crippen molar-refractivity contribution in [2.75, 3.05) is 12.0 Å². The third-order valence-corrected chi connectivity index (χ3v) is 7.04. The Hall–Kier alpha value is -4.37. The molecular weight excluding hydrogens is 486 g/mol. The van der Waals surface area contributed by atoms with E-state index in [2.05, 4.69) is 27.0 Å². The van der Waals surface area contributed by atoms with Crippen LogP contribution in [0.3, 0.4) is 0 Å². The van der Waals surface area contributed by atoms with Crippen LogP contribution in [0.25, 0.3) is 21.7 Å². The number of sulfone groups is 1. The lowest BCUT2D eigenvalue weighted by Gasteiger charge is -2.09. The lowest BCUT2D eigenvalue weighted by atomic mass is 10.1. The van der Waals surface area contributed by atoms with Crippen molar-refractivity contribution in [3.8, 4) is 0 Å². The van der Waals surface area contributed by atoms with Gasteiger partial charge >= 0.3 is 0 Å². The maximum Gasteiger partial charge on any atom is 0.251 e. The number of aliphatic imine (C=N–C) groups is 1. The van der Waals surface area contributed by atoms with E-state index in [1.807, 2.05) is 30.3 Å². The molecule has 0 bridgehead atoms. The minimum absolute atomic E-state index is 0.232. The highest BCUT2D eigenvalue weighted by Gasteiger charge is 2.11. The maximum absolute atomic E-state index is 12.9. The summed E-state index contributed by atoms with van der Waals surface area (Å²) in [6.45, 7) is 5.77. The van der Waals surface area contributed by atoms with E-state index in [0.29, 0.717) is 41.0 Å². The predicted octanol–water partition coefficient (Wildman–Crippen LogP) is 4.16. The smallest absolute Gasteiger partial charge is 0.251 e. The number of nitrogen functional groups attached to an aromatic ring is 1.